The van der Waals surface area contributed by atoms with Crippen LogP contribution >= 0.6 is 0 Å². The van der Waals surface area contributed by atoms with E-state index in [1.165, 1.54) is 4.90 Å². The van der Waals surface area contributed by atoms with Crippen LogP contribution in [0.1, 0.15) is 20.3 Å². The number of hydrogen-bond donors (Lipinski definition) is 0. The van der Waals surface area contributed by atoms with Crippen LogP contribution in [0.25, 0.3) is 0 Å². The fraction of sp³-hybridized carbons (Fsp3) is 0.722. The lowest BCUT2D eigenvalue weighted by molar-refractivity contribution is -0.882. The monoisotopic (exact) mass is 335 g/mol. The van der Waals surface area contributed by atoms with Crippen molar-refractivity contribution in [1.29, 1.82) is 0 Å². The van der Waals surface area contributed by atoms with Gasteiger partial charge in [-0.2, -0.15) is 0 Å². The molecule has 2 amide bonds. The summed E-state index contributed by atoms with van der Waals surface area (Å²) in [5.41, 5.74) is 0. The Morgan fingerprint density at radius 1 is 1.21 bits per heavy atom. The fourth-order valence-corrected chi connectivity index (χ4v) is 4.28. The molecule has 1 heterocycles. The molecule has 4 unspecified atom stereocenters. The molecule has 4 atom stereocenters. The molecule has 2 aliphatic carbocycles. The molecule has 1 saturated carbocycles. The first-order valence-electron chi connectivity index (χ1n) is 8.74. The van der Waals surface area contributed by atoms with Crippen molar-refractivity contribution >= 4 is 17.8 Å². The predicted molar refractivity (Wildman–Crippen MR) is 87.5 cm³/mol. The van der Waals surface area contributed by atoms with Crippen LogP contribution < -0.4 is 0 Å². The van der Waals surface area contributed by atoms with Crippen molar-refractivity contribution in [3.63, 3.8) is 0 Å². The van der Waals surface area contributed by atoms with Crippen molar-refractivity contribution in [3.05, 3.63) is 12.2 Å². The van der Waals surface area contributed by atoms with Gasteiger partial charge in [0.1, 0.15) is 0 Å². The van der Waals surface area contributed by atoms with Crippen LogP contribution in [-0.4, -0.2) is 67.0 Å². The average Bonchev–Trinajstić information content (AvgIpc) is 3.10. The molecular weight excluding hydrogens is 308 g/mol. The van der Waals surface area contributed by atoms with E-state index in [1.807, 2.05) is 27.9 Å². The molecule has 2 bridgehead atoms. The minimum Gasteiger partial charge on any atom is -0.459 e. The molecule has 0 N–H and O–H groups in total. The third-order valence-electron chi connectivity index (χ3n) is 5.41. The summed E-state index contributed by atoms with van der Waals surface area (Å²) < 4.78 is 5.58. The zero-order chi connectivity index (χ0) is 17.6. The quantitative estimate of drug-likeness (QED) is 0.312. The van der Waals surface area contributed by atoms with Crippen LogP contribution in [0.15, 0.2) is 12.2 Å². The molecule has 0 radical (unpaired) electrons. The number of nitrogens with zero attached hydrogens (tertiary/aromatic N) is 2. The third kappa shape index (κ3) is 2.99. The van der Waals surface area contributed by atoms with E-state index in [9.17, 15) is 14.4 Å². The second-order valence-electron chi connectivity index (χ2n) is 8.18. The highest BCUT2D eigenvalue weighted by atomic mass is 16.5. The van der Waals surface area contributed by atoms with Crippen LogP contribution in [0, 0.1) is 23.7 Å². The van der Waals surface area contributed by atoms with Gasteiger partial charge in [-0.1, -0.05) is 12.2 Å². The zero-order valence-corrected chi connectivity index (χ0v) is 14.9. The molecule has 6 heteroatoms. The number of ether oxygens (including phenoxy) is 1. The van der Waals surface area contributed by atoms with Crippen LogP contribution in [-0.2, 0) is 19.1 Å². The van der Waals surface area contributed by atoms with E-state index in [0.717, 1.165) is 6.42 Å². The van der Waals surface area contributed by atoms with Gasteiger partial charge in [-0.05, 0) is 32.1 Å². The maximum absolute atomic E-state index is 12.6. The van der Waals surface area contributed by atoms with Crippen LogP contribution in [0.3, 0.4) is 0 Å². The highest BCUT2D eigenvalue weighted by Gasteiger charge is 2.59. The van der Waals surface area contributed by atoms with Crippen molar-refractivity contribution in [2.45, 2.75) is 26.4 Å². The summed E-state index contributed by atoms with van der Waals surface area (Å²) in [6, 6.07) is 0. The first-order valence-corrected chi connectivity index (χ1v) is 8.74. The molecule has 1 aliphatic heterocycles. The first-order chi connectivity index (χ1) is 11.2. The van der Waals surface area contributed by atoms with Gasteiger partial charge in [-0.15, -0.1) is 0 Å². The number of likely N-dealkylation sites (N-methyl/N-ethyl adjacent to an activating group) is 1. The summed E-state index contributed by atoms with van der Waals surface area (Å²) in [5.74, 6) is -0.107. The lowest BCUT2D eigenvalue weighted by Crippen LogP contribution is -2.50. The summed E-state index contributed by atoms with van der Waals surface area (Å²) in [4.78, 5) is 38.6. The molecule has 3 rings (SSSR count). The van der Waals surface area contributed by atoms with Gasteiger partial charge in [-0.3, -0.25) is 14.5 Å². The van der Waals surface area contributed by atoms with Gasteiger partial charge >= 0.3 is 5.97 Å². The molecule has 0 aromatic carbocycles. The van der Waals surface area contributed by atoms with E-state index in [-0.39, 0.29) is 54.1 Å². The molecule has 6 nitrogen and oxygen atoms in total. The summed E-state index contributed by atoms with van der Waals surface area (Å²) in [5, 5.41) is 0. The van der Waals surface area contributed by atoms with Gasteiger partial charge < -0.3 is 9.22 Å². The van der Waals surface area contributed by atoms with Crippen molar-refractivity contribution in [1.82, 2.24) is 4.90 Å². The lowest BCUT2D eigenvalue weighted by Gasteiger charge is -2.30. The van der Waals surface area contributed by atoms with Gasteiger partial charge in [0.25, 0.3) is 0 Å². The molecule has 3 aliphatic rings. The van der Waals surface area contributed by atoms with Crippen molar-refractivity contribution in [3.8, 4) is 0 Å². The highest BCUT2D eigenvalue weighted by molar-refractivity contribution is 6.06. The first kappa shape index (κ1) is 17.1. The van der Waals surface area contributed by atoms with Crippen molar-refractivity contribution < 1.29 is 23.6 Å². The van der Waals surface area contributed by atoms with Crippen molar-refractivity contribution in [2.75, 3.05) is 33.7 Å². The number of esters is 1. The zero-order valence-electron chi connectivity index (χ0n) is 14.9. The standard InChI is InChI=1S/C18H27N2O4/c1-11(2)24-14(21)10-20(3,4)8-7-19-17(22)15-12-5-6-13(9-12)16(15)18(19)23/h5-6,11-13,15-16H,7-10H2,1-4H3/q+1. The summed E-state index contributed by atoms with van der Waals surface area (Å²) in [7, 11) is 3.83. The number of carbonyl (C=O) groups excluding carboxylic acids is 3. The molecular formula is C18H27N2O4+. The van der Waals surface area contributed by atoms with E-state index in [4.69, 9.17) is 4.74 Å². The number of fused-ring (bicyclic) bond motifs is 5. The number of amides is 2. The highest BCUT2D eigenvalue weighted by Crippen LogP contribution is 2.52. The topological polar surface area (TPSA) is 63.7 Å². The Morgan fingerprint density at radius 2 is 1.75 bits per heavy atom. The Balaban J connectivity index is 1.58. The Morgan fingerprint density at radius 3 is 2.25 bits per heavy atom. The molecule has 0 aromatic heterocycles. The van der Waals surface area contributed by atoms with E-state index in [2.05, 4.69) is 12.2 Å². The molecule has 0 spiro atoms. The molecule has 24 heavy (non-hydrogen) atoms. The number of hydrogen-bond acceptors (Lipinski definition) is 4. The van der Waals surface area contributed by atoms with E-state index in [1.54, 1.807) is 0 Å². The predicted octanol–water partition coefficient (Wildman–Crippen LogP) is 0.821. The smallest absolute Gasteiger partial charge is 0.362 e. The second-order valence-corrected chi connectivity index (χ2v) is 8.18. The SMILES string of the molecule is CC(C)OC(=O)C[N+](C)(C)CCN1C(=O)C2C3C=CC(C3)C2C1=O. The fourth-order valence-electron chi connectivity index (χ4n) is 4.28. The van der Waals surface area contributed by atoms with Gasteiger partial charge in [0.2, 0.25) is 11.8 Å². The number of likely N-dealkylation sites (tertiary alicyclic amines) is 1. The van der Waals surface area contributed by atoms with Gasteiger partial charge in [0.15, 0.2) is 6.54 Å². The van der Waals surface area contributed by atoms with Crippen LogP contribution in [0.2, 0.25) is 0 Å². The summed E-state index contributed by atoms with van der Waals surface area (Å²) in [6.45, 7) is 4.79. The van der Waals surface area contributed by atoms with E-state index in [0.29, 0.717) is 17.6 Å². The summed E-state index contributed by atoms with van der Waals surface area (Å²) >= 11 is 0. The van der Waals surface area contributed by atoms with Gasteiger partial charge in [0, 0.05) is 0 Å². The number of carbonyl (C=O) groups is 3. The van der Waals surface area contributed by atoms with Gasteiger partial charge in [-0.25, -0.2) is 4.79 Å². The Labute approximate surface area is 143 Å². The largest absolute Gasteiger partial charge is 0.459 e. The molecule has 0 aromatic rings. The third-order valence-corrected chi connectivity index (χ3v) is 5.41. The number of quaternary nitrogens is 1. The normalized spacial score (nSPS) is 31.3. The Bertz CT molecular complexity index is 566. The molecule has 2 fully saturated rings. The molecule has 1 saturated heterocycles. The van der Waals surface area contributed by atoms with Crippen LogP contribution in [0.4, 0.5) is 0 Å². The number of allylic oxidation sites excluding steroid dienone is 2. The van der Waals surface area contributed by atoms with Crippen LogP contribution in [0.5, 0.6) is 0 Å². The summed E-state index contributed by atoms with van der Waals surface area (Å²) in [6.07, 6.45) is 5.01. The number of imide groups is 1. The van der Waals surface area contributed by atoms with E-state index >= 15 is 0 Å². The lowest BCUT2D eigenvalue weighted by atomic mass is 9.85. The Kier molecular flexibility index (Phi) is 4.28. The minimum atomic E-state index is -0.256. The second kappa shape index (κ2) is 5.99. The molecule has 132 valence electrons. The van der Waals surface area contributed by atoms with E-state index < -0.39 is 0 Å². The maximum atomic E-state index is 12.6. The number of rotatable bonds is 6. The maximum Gasteiger partial charge on any atom is 0.362 e. The minimum absolute atomic E-state index is 0.0217. The van der Waals surface area contributed by atoms with Gasteiger partial charge in [0.05, 0.1) is 45.1 Å². The Hall–Kier alpha value is -1.69. The van der Waals surface area contributed by atoms with Crippen molar-refractivity contribution in [2.24, 2.45) is 23.7 Å². The average molecular weight is 335 g/mol.